The lowest BCUT2D eigenvalue weighted by molar-refractivity contribution is 0.189. The van der Waals surface area contributed by atoms with Gasteiger partial charge in [0.25, 0.3) is 0 Å². The van der Waals surface area contributed by atoms with Gasteiger partial charge in [-0.1, -0.05) is 17.7 Å². The van der Waals surface area contributed by atoms with Crippen LogP contribution in [0.4, 0.5) is 0 Å². The zero-order valence-corrected chi connectivity index (χ0v) is 9.08. The molecule has 1 atom stereocenters. The topological polar surface area (TPSA) is 12.5 Å². The first-order chi connectivity index (χ1) is 6.68. The highest BCUT2D eigenvalue weighted by Gasteiger charge is 2.22. The summed E-state index contributed by atoms with van der Waals surface area (Å²) in [5.74, 6) is 1.06. The molecule has 1 aliphatic rings. The van der Waals surface area contributed by atoms with Gasteiger partial charge in [0.05, 0.1) is 6.61 Å². The zero-order valence-electron chi connectivity index (χ0n) is 9.08. The summed E-state index contributed by atoms with van der Waals surface area (Å²) in [5.41, 5.74) is 2.64. The van der Waals surface area contributed by atoms with Crippen molar-refractivity contribution in [2.45, 2.75) is 19.4 Å². The van der Waals surface area contributed by atoms with Crippen LogP contribution in [0.2, 0.25) is 0 Å². The molecule has 0 saturated heterocycles. The van der Waals surface area contributed by atoms with E-state index < -0.39 is 0 Å². The third kappa shape index (κ3) is 1.62. The van der Waals surface area contributed by atoms with Gasteiger partial charge < -0.3 is 9.64 Å². The van der Waals surface area contributed by atoms with Crippen LogP contribution in [-0.4, -0.2) is 25.6 Å². The van der Waals surface area contributed by atoms with Crippen molar-refractivity contribution in [1.29, 1.82) is 0 Å². The van der Waals surface area contributed by atoms with Gasteiger partial charge >= 0.3 is 0 Å². The van der Waals surface area contributed by atoms with Crippen molar-refractivity contribution >= 4 is 0 Å². The van der Waals surface area contributed by atoms with Crippen LogP contribution in [0.1, 0.15) is 23.6 Å². The molecule has 0 amide bonds. The quantitative estimate of drug-likeness (QED) is 0.675. The molecule has 1 heterocycles. The van der Waals surface area contributed by atoms with Gasteiger partial charge in [0.15, 0.2) is 0 Å². The molecule has 1 aromatic carbocycles. The third-order valence-corrected chi connectivity index (χ3v) is 2.80. The molecule has 0 radical (unpaired) electrons. The maximum Gasteiger partial charge on any atom is 0.124 e. The third-order valence-electron chi connectivity index (χ3n) is 2.80. The summed E-state index contributed by atoms with van der Waals surface area (Å²) in [6.45, 7) is 2.96. The minimum atomic E-state index is 0.513. The number of ether oxygens (including phenoxy) is 1. The first-order valence-corrected chi connectivity index (χ1v) is 5.08. The minimum Gasteiger partial charge on any atom is -0.493 e. The second-order valence-electron chi connectivity index (χ2n) is 4.16. The molecule has 0 aliphatic carbocycles. The molecular formula is C12H17NO. The van der Waals surface area contributed by atoms with E-state index in [2.05, 4.69) is 44.1 Å². The highest BCUT2D eigenvalue weighted by Crippen LogP contribution is 2.35. The highest BCUT2D eigenvalue weighted by molar-refractivity contribution is 5.40. The number of fused-ring (bicyclic) bond motifs is 1. The predicted molar refractivity (Wildman–Crippen MR) is 57.7 cm³/mol. The van der Waals surface area contributed by atoms with E-state index in [4.69, 9.17) is 4.74 Å². The summed E-state index contributed by atoms with van der Waals surface area (Å²) in [7, 11) is 4.25. The van der Waals surface area contributed by atoms with Crippen LogP contribution in [0.25, 0.3) is 0 Å². The van der Waals surface area contributed by atoms with Gasteiger partial charge in [-0.25, -0.2) is 0 Å². The Kier molecular flexibility index (Phi) is 2.46. The molecule has 0 spiro atoms. The van der Waals surface area contributed by atoms with Crippen LogP contribution >= 0.6 is 0 Å². The van der Waals surface area contributed by atoms with Crippen LogP contribution in [0, 0.1) is 6.92 Å². The Morgan fingerprint density at radius 3 is 2.86 bits per heavy atom. The molecule has 0 bridgehead atoms. The molecule has 2 nitrogen and oxygen atoms in total. The highest BCUT2D eigenvalue weighted by atomic mass is 16.5. The predicted octanol–water partition coefficient (Wildman–Crippen LogP) is 2.38. The van der Waals surface area contributed by atoms with Crippen LogP contribution in [0.15, 0.2) is 18.2 Å². The van der Waals surface area contributed by atoms with Crippen molar-refractivity contribution in [3.63, 3.8) is 0 Å². The maximum absolute atomic E-state index is 5.63. The fourth-order valence-corrected chi connectivity index (χ4v) is 2.03. The van der Waals surface area contributed by atoms with E-state index in [0.29, 0.717) is 6.04 Å². The lowest BCUT2D eigenvalue weighted by Crippen LogP contribution is -2.26. The first-order valence-electron chi connectivity index (χ1n) is 5.08. The van der Waals surface area contributed by atoms with Gasteiger partial charge in [-0.2, -0.15) is 0 Å². The molecule has 76 valence electrons. The van der Waals surface area contributed by atoms with Crippen molar-refractivity contribution in [2.75, 3.05) is 20.7 Å². The van der Waals surface area contributed by atoms with E-state index in [-0.39, 0.29) is 0 Å². The Morgan fingerprint density at radius 1 is 1.36 bits per heavy atom. The molecule has 1 unspecified atom stereocenters. The number of benzene rings is 1. The number of hydrogen-bond donors (Lipinski definition) is 0. The molecular weight excluding hydrogens is 174 g/mol. The molecule has 0 saturated carbocycles. The molecule has 14 heavy (non-hydrogen) atoms. The van der Waals surface area contributed by atoms with Crippen molar-refractivity contribution in [2.24, 2.45) is 0 Å². The van der Waals surface area contributed by atoms with Crippen molar-refractivity contribution < 1.29 is 4.74 Å². The Balaban J connectivity index is 2.41. The second kappa shape index (κ2) is 3.62. The summed E-state index contributed by atoms with van der Waals surface area (Å²) in [5, 5.41) is 0. The van der Waals surface area contributed by atoms with Gasteiger partial charge in [-0.3, -0.25) is 0 Å². The molecule has 1 aromatic rings. The Labute approximate surface area is 85.5 Å². The van der Waals surface area contributed by atoms with E-state index in [0.717, 1.165) is 18.8 Å². The monoisotopic (exact) mass is 191 g/mol. The summed E-state index contributed by atoms with van der Waals surface area (Å²) in [4.78, 5) is 2.26. The van der Waals surface area contributed by atoms with Gasteiger partial charge in [0, 0.05) is 18.0 Å². The first kappa shape index (κ1) is 9.53. The Hall–Kier alpha value is -1.02. The number of nitrogens with zero attached hydrogens (tertiary/aromatic N) is 1. The molecule has 0 fully saturated rings. The van der Waals surface area contributed by atoms with E-state index in [9.17, 15) is 0 Å². The van der Waals surface area contributed by atoms with Gasteiger partial charge in [0.2, 0.25) is 0 Å². The molecule has 0 aromatic heterocycles. The standard InChI is InChI=1S/C12H17NO/c1-9-4-5-12-10(8-9)11(13(2)3)6-7-14-12/h4-5,8,11H,6-7H2,1-3H3. The average Bonchev–Trinajstić information content (AvgIpc) is 2.16. The minimum absolute atomic E-state index is 0.513. The van der Waals surface area contributed by atoms with Gasteiger partial charge in [-0.15, -0.1) is 0 Å². The molecule has 2 heteroatoms. The lowest BCUT2D eigenvalue weighted by atomic mass is 9.98. The Bertz CT molecular complexity index is 333. The van der Waals surface area contributed by atoms with E-state index in [1.807, 2.05) is 0 Å². The van der Waals surface area contributed by atoms with Gasteiger partial charge in [0.1, 0.15) is 5.75 Å². The van der Waals surface area contributed by atoms with E-state index in [1.165, 1.54) is 11.1 Å². The zero-order chi connectivity index (χ0) is 10.1. The van der Waals surface area contributed by atoms with Crippen LogP contribution in [-0.2, 0) is 0 Å². The van der Waals surface area contributed by atoms with Crippen LogP contribution in [0.3, 0.4) is 0 Å². The van der Waals surface area contributed by atoms with Crippen molar-refractivity contribution in [3.8, 4) is 5.75 Å². The number of aryl methyl sites for hydroxylation is 1. The fraction of sp³-hybridized carbons (Fsp3) is 0.500. The average molecular weight is 191 g/mol. The van der Waals surface area contributed by atoms with Crippen molar-refractivity contribution in [1.82, 2.24) is 4.90 Å². The molecule has 0 N–H and O–H groups in total. The normalized spacial score (nSPS) is 20.4. The van der Waals surface area contributed by atoms with Gasteiger partial charge in [-0.05, 0) is 27.1 Å². The summed E-state index contributed by atoms with van der Waals surface area (Å²) >= 11 is 0. The van der Waals surface area contributed by atoms with Crippen LogP contribution < -0.4 is 4.74 Å². The maximum atomic E-state index is 5.63. The summed E-state index contributed by atoms with van der Waals surface area (Å²) < 4.78 is 5.63. The molecule has 1 aliphatic heterocycles. The lowest BCUT2D eigenvalue weighted by Gasteiger charge is -2.31. The molecule has 2 rings (SSSR count). The largest absolute Gasteiger partial charge is 0.493 e. The number of hydrogen-bond acceptors (Lipinski definition) is 2. The van der Waals surface area contributed by atoms with E-state index in [1.54, 1.807) is 0 Å². The fourth-order valence-electron chi connectivity index (χ4n) is 2.03. The second-order valence-corrected chi connectivity index (χ2v) is 4.16. The Morgan fingerprint density at radius 2 is 2.14 bits per heavy atom. The van der Waals surface area contributed by atoms with E-state index >= 15 is 0 Å². The van der Waals surface area contributed by atoms with Crippen molar-refractivity contribution in [3.05, 3.63) is 29.3 Å². The van der Waals surface area contributed by atoms with Crippen LogP contribution in [0.5, 0.6) is 5.75 Å². The number of rotatable bonds is 1. The smallest absolute Gasteiger partial charge is 0.124 e. The SMILES string of the molecule is Cc1ccc2c(c1)C(N(C)C)CCO2. The summed E-state index contributed by atoms with van der Waals surface area (Å²) in [6.07, 6.45) is 1.09. The summed E-state index contributed by atoms with van der Waals surface area (Å²) in [6, 6.07) is 6.94.